The van der Waals surface area contributed by atoms with Crippen LogP contribution in [0.5, 0.6) is 0 Å². The van der Waals surface area contributed by atoms with E-state index in [2.05, 4.69) is 23.1 Å². The lowest BCUT2D eigenvalue weighted by Gasteiger charge is -2.23. The molecule has 7 N–H and O–H groups in total. The number of aryl methyl sites for hydroxylation is 1. The lowest BCUT2D eigenvalue weighted by Crippen LogP contribution is -2.35. The summed E-state index contributed by atoms with van der Waals surface area (Å²) in [5, 5.41) is 0. The zero-order chi connectivity index (χ0) is 31.0. The minimum absolute atomic E-state index is 0.0212. The van der Waals surface area contributed by atoms with Crippen molar-refractivity contribution in [3.05, 3.63) is 62.2 Å². The summed E-state index contributed by atoms with van der Waals surface area (Å²) in [5.74, 6) is -0.936. The average Bonchev–Trinajstić information content (AvgIpc) is 3.19. The maximum atomic E-state index is 13.1. The number of phosphoric ester groups is 1. The number of carbonyl (C=O) groups is 1. The highest BCUT2D eigenvalue weighted by atomic mass is 31.3. The van der Waals surface area contributed by atoms with Crippen LogP contribution in [-0.2, 0) is 41.9 Å². The number of nitrogens with two attached hydrogens (primary N) is 1. The number of hydrogen-bond donors (Lipinski definition) is 6. The molecule has 228 valence electrons. The number of aromatic nitrogens is 3. The van der Waals surface area contributed by atoms with Crippen molar-refractivity contribution in [3.8, 4) is 0 Å². The highest BCUT2D eigenvalue weighted by molar-refractivity contribution is 7.66. The smallest absolute Gasteiger partial charge is 0.456 e. The van der Waals surface area contributed by atoms with Gasteiger partial charge in [-0.2, -0.15) is 8.62 Å². The zero-order valence-corrected chi connectivity index (χ0v) is 24.2. The van der Waals surface area contributed by atoms with Crippen LogP contribution < -0.4 is 17.0 Å². The molecule has 0 aliphatic carbocycles. The molecule has 0 spiro atoms. The minimum atomic E-state index is -5.80. The van der Waals surface area contributed by atoms with E-state index in [1.807, 2.05) is 0 Å². The number of rotatable bonds is 11. The number of ether oxygens (including phenoxy) is 2. The Morgan fingerprint density at radius 1 is 1.20 bits per heavy atom. The summed E-state index contributed by atoms with van der Waals surface area (Å²) in [4.78, 5) is 80.0. The third-order valence-electron chi connectivity index (χ3n) is 5.35. The van der Waals surface area contributed by atoms with Crippen molar-refractivity contribution in [1.29, 1.82) is 0 Å². The van der Waals surface area contributed by atoms with E-state index in [1.54, 1.807) is 13.8 Å². The third-order valence-corrected chi connectivity index (χ3v) is 9.15. The van der Waals surface area contributed by atoms with Gasteiger partial charge in [0.2, 0.25) is 0 Å². The second-order valence-electron chi connectivity index (χ2n) is 9.30. The molecule has 0 saturated carbocycles. The van der Waals surface area contributed by atoms with Crippen LogP contribution in [0.3, 0.4) is 0 Å². The monoisotopic (exact) mass is 644 g/mol. The van der Waals surface area contributed by atoms with E-state index in [-0.39, 0.29) is 23.2 Å². The molecule has 0 radical (unpaired) electrons. The van der Waals surface area contributed by atoms with Crippen molar-refractivity contribution in [1.82, 2.24) is 14.5 Å². The van der Waals surface area contributed by atoms with E-state index in [4.69, 9.17) is 25.0 Å². The molecule has 2 aromatic rings. The molecule has 2 aromatic heterocycles. The van der Waals surface area contributed by atoms with E-state index in [9.17, 15) is 37.9 Å². The Bertz CT molecular complexity index is 1560. The molecule has 22 heteroatoms. The highest BCUT2D eigenvalue weighted by Gasteiger charge is 2.44. The number of hydrogen-bond acceptors (Lipinski definition) is 13. The van der Waals surface area contributed by atoms with Crippen molar-refractivity contribution < 1.29 is 60.7 Å². The second kappa shape index (κ2) is 12.1. The van der Waals surface area contributed by atoms with Gasteiger partial charge in [0.15, 0.2) is 0 Å². The summed E-state index contributed by atoms with van der Waals surface area (Å²) in [6, 6.07) is 2.85. The predicted molar refractivity (Wildman–Crippen MR) is 135 cm³/mol. The second-order valence-corrected chi connectivity index (χ2v) is 13.7. The Kier molecular flexibility index (Phi) is 9.77. The molecule has 1 fully saturated rings. The first-order valence-electron chi connectivity index (χ1n) is 11.4. The maximum Gasteiger partial charge on any atom is 0.490 e. The first-order chi connectivity index (χ1) is 18.7. The SMILES string of the molecule is Cc1cn([C@H]2C[C@@H](OC(=O)c3cccnc3C(C)(C)N)C(COP(=O)(O)OP(=O)(O)OP(=O)(O)O)O2)c(=O)[nH]c1=O. The van der Waals surface area contributed by atoms with Gasteiger partial charge in [-0.25, -0.2) is 23.3 Å². The number of nitrogens with zero attached hydrogens (tertiary/aromatic N) is 2. The largest absolute Gasteiger partial charge is 0.490 e. The summed E-state index contributed by atoms with van der Waals surface area (Å²) in [6.45, 7) is 3.62. The Morgan fingerprint density at radius 3 is 2.46 bits per heavy atom. The van der Waals surface area contributed by atoms with Gasteiger partial charge in [-0.05, 0) is 32.9 Å². The normalized spacial score (nSPS) is 22.6. The molecule has 0 amide bonds. The number of carbonyl (C=O) groups excluding carboxylic acids is 1. The van der Waals surface area contributed by atoms with Crippen LogP contribution in [-0.4, -0.2) is 58.9 Å². The fourth-order valence-electron chi connectivity index (χ4n) is 3.70. The molecular formula is C19H27N4O15P3. The van der Waals surface area contributed by atoms with Gasteiger partial charge in [-0.1, -0.05) is 0 Å². The standard InChI is InChI=1S/C19H27N4O15P3/c1-10-8-23(18(26)22-16(10)24)14-7-12(36-17(25)11-5-4-6-21-15(11)19(2,3)20)13(35-14)9-34-40(30,31)38-41(32,33)37-39(27,28)29/h4-6,8,12-14H,7,9,20H2,1-3H3,(H,30,31)(H,32,33)(H,22,24,26)(H2,27,28,29)/t12-,13?,14-/m1/s1. The molecule has 41 heavy (non-hydrogen) atoms. The first kappa shape index (κ1) is 33.1. The van der Waals surface area contributed by atoms with E-state index < -0.39 is 71.3 Å². The van der Waals surface area contributed by atoms with E-state index in [0.29, 0.717) is 0 Å². The van der Waals surface area contributed by atoms with Crippen LogP contribution in [0.25, 0.3) is 0 Å². The van der Waals surface area contributed by atoms with Crippen molar-refractivity contribution in [2.45, 2.75) is 51.2 Å². The molecule has 3 unspecified atom stereocenters. The Labute approximate surface area is 230 Å². The molecular weight excluding hydrogens is 617 g/mol. The Balaban J connectivity index is 1.87. The van der Waals surface area contributed by atoms with Crippen molar-refractivity contribution >= 4 is 29.4 Å². The Morgan fingerprint density at radius 2 is 1.85 bits per heavy atom. The lowest BCUT2D eigenvalue weighted by atomic mass is 9.97. The molecule has 1 aliphatic heterocycles. The van der Waals surface area contributed by atoms with Crippen molar-refractivity contribution in [3.63, 3.8) is 0 Å². The van der Waals surface area contributed by atoms with E-state index >= 15 is 0 Å². The van der Waals surface area contributed by atoms with Gasteiger partial charge in [-0.3, -0.25) is 23.9 Å². The molecule has 3 heterocycles. The molecule has 5 atom stereocenters. The number of esters is 1. The fraction of sp³-hybridized carbons (Fsp3) is 0.474. The topological polar surface area (TPSA) is 289 Å². The van der Waals surface area contributed by atoms with Crippen molar-refractivity contribution in [2.24, 2.45) is 5.73 Å². The predicted octanol–water partition coefficient (Wildman–Crippen LogP) is 0.290. The van der Waals surface area contributed by atoms with E-state index in [0.717, 1.165) is 4.57 Å². The van der Waals surface area contributed by atoms with Crippen LogP contribution in [0.1, 0.15) is 48.1 Å². The summed E-state index contributed by atoms with van der Waals surface area (Å²) >= 11 is 0. The third kappa shape index (κ3) is 9.06. The van der Waals surface area contributed by atoms with Gasteiger partial charge >= 0.3 is 35.1 Å². The van der Waals surface area contributed by atoms with Gasteiger partial charge < -0.3 is 34.8 Å². The van der Waals surface area contributed by atoms with Crippen LogP contribution in [0, 0.1) is 6.92 Å². The molecule has 0 bridgehead atoms. The number of H-pyrrole nitrogens is 1. The zero-order valence-electron chi connectivity index (χ0n) is 21.5. The molecule has 19 nitrogen and oxygen atoms in total. The molecule has 3 rings (SSSR count). The average molecular weight is 644 g/mol. The summed E-state index contributed by atoms with van der Waals surface area (Å²) < 4.78 is 58.9. The van der Waals surface area contributed by atoms with E-state index in [1.165, 1.54) is 31.5 Å². The molecule has 1 saturated heterocycles. The summed E-state index contributed by atoms with van der Waals surface area (Å²) in [7, 11) is -17.0. The van der Waals surface area contributed by atoms with Crippen LogP contribution in [0.2, 0.25) is 0 Å². The van der Waals surface area contributed by atoms with Gasteiger partial charge in [0.1, 0.15) is 18.4 Å². The fourth-order valence-corrected chi connectivity index (χ4v) is 6.73. The van der Waals surface area contributed by atoms with Gasteiger partial charge in [-0.15, -0.1) is 0 Å². The number of phosphoric acid groups is 3. The van der Waals surface area contributed by atoms with Gasteiger partial charge in [0.25, 0.3) is 5.56 Å². The minimum Gasteiger partial charge on any atom is -0.456 e. The molecule has 0 aromatic carbocycles. The quantitative estimate of drug-likeness (QED) is 0.141. The van der Waals surface area contributed by atoms with Gasteiger partial charge in [0, 0.05) is 24.4 Å². The highest BCUT2D eigenvalue weighted by Crippen LogP contribution is 2.66. The van der Waals surface area contributed by atoms with Crippen LogP contribution in [0.15, 0.2) is 34.1 Å². The maximum absolute atomic E-state index is 13.1. The summed E-state index contributed by atoms with van der Waals surface area (Å²) in [5.41, 5.74) is 3.77. The summed E-state index contributed by atoms with van der Waals surface area (Å²) in [6.07, 6.45) is -1.60. The first-order valence-corrected chi connectivity index (χ1v) is 15.9. The van der Waals surface area contributed by atoms with Crippen LogP contribution in [0.4, 0.5) is 0 Å². The lowest BCUT2D eigenvalue weighted by molar-refractivity contribution is -0.0512. The molecule has 1 aliphatic rings. The number of nitrogens with one attached hydrogen (secondary N) is 1. The number of aromatic amines is 1. The number of pyridine rings is 1. The van der Waals surface area contributed by atoms with Crippen molar-refractivity contribution in [2.75, 3.05) is 6.61 Å². The van der Waals surface area contributed by atoms with Crippen LogP contribution >= 0.6 is 23.5 Å². The Hall–Kier alpha value is -2.37. The van der Waals surface area contributed by atoms with Gasteiger partial charge in [0.05, 0.1) is 23.4 Å².